The normalized spacial score (nSPS) is 11.5. The Morgan fingerprint density at radius 3 is 2.48 bits per heavy atom. The Morgan fingerprint density at radius 2 is 1.91 bits per heavy atom. The van der Waals surface area contributed by atoms with E-state index in [2.05, 4.69) is 10.2 Å². The molecule has 1 aromatic carbocycles. The predicted octanol–water partition coefficient (Wildman–Crippen LogP) is 2.04. The molecule has 1 heterocycles. The smallest absolute Gasteiger partial charge is 0.233 e. The van der Waals surface area contributed by atoms with Gasteiger partial charge >= 0.3 is 0 Å². The molecule has 0 unspecified atom stereocenters. The third-order valence-corrected chi connectivity index (χ3v) is 4.28. The van der Waals surface area contributed by atoms with Crippen LogP contribution in [0, 0.1) is 0 Å². The van der Waals surface area contributed by atoms with Gasteiger partial charge in [0, 0.05) is 19.0 Å². The van der Waals surface area contributed by atoms with Gasteiger partial charge in [-0.3, -0.25) is 4.79 Å². The monoisotopic (exact) mass is 333 g/mol. The molecule has 7 heteroatoms. The predicted molar refractivity (Wildman–Crippen MR) is 92.5 cm³/mol. The molecule has 2 aromatic rings. The first-order valence-electron chi connectivity index (χ1n) is 7.40. The first-order chi connectivity index (χ1) is 10.8. The molecule has 0 bridgehead atoms. The van der Waals surface area contributed by atoms with Gasteiger partial charge in [-0.05, 0) is 5.56 Å². The van der Waals surface area contributed by atoms with E-state index in [0.717, 1.165) is 5.56 Å². The van der Waals surface area contributed by atoms with Crippen LogP contribution in [-0.4, -0.2) is 38.5 Å². The van der Waals surface area contributed by atoms with Gasteiger partial charge in [-0.15, -0.1) is 10.2 Å². The maximum atomic E-state index is 12.2. The number of carbonyl (C=O) groups excluding carboxylic acids is 1. The summed E-state index contributed by atoms with van der Waals surface area (Å²) in [6, 6.07) is 9.90. The number of aromatic nitrogens is 3. The third kappa shape index (κ3) is 4.48. The van der Waals surface area contributed by atoms with Gasteiger partial charge in [0.15, 0.2) is 5.82 Å². The Labute approximate surface area is 141 Å². The van der Waals surface area contributed by atoms with Gasteiger partial charge in [0.2, 0.25) is 11.1 Å². The van der Waals surface area contributed by atoms with E-state index in [9.17, 15) is 4.79 Å². The van der Waals surface area contributed by atoms with E-state index < -0.39 is 0 Å². The molecule has 2 N–H and O–H groups in total. The molecule has 0 aliphatic heterocycles. The highest BCUT2D eigenvalue weighted by molar-refractivity contribution is 7.99. The first-order valence-corrected chi connectivity index (χ1v) is 8.39. The maximum Gasteiger partial charge on any atom is 0.233 e. The van der Waals surface area contributed by atoms with Gasteiger partial charge in [0.1, 0.15) is 0 Å². The topological polar surface area (TPSA) is 77.0 Å². The van der Waals surface area contributed by atoms with E-state index in [1.165, 1.54) is 16.4 Å². The van der Waals surface area contributed by atoms with E-state index in [1.54, 1.807) is 11.9 Å². The van der Waals surface area contributed by atoms with Crippen molar-refractivity contribution in [3.05, 3.63) is 41.7 Å². The van der Waals surface area contributed by atoms with Crippen LogP contribution in [0.3, 0.4) is 0 Å². The van der Waals surface area contributed by atoms with Crippen LogP contribution in [0.4, 0.5) is 0 Å². The molecule has 124 valence electrons. The molecule has 0 fully saturated rings. The quantitative estimate of drug-likeness (QED) is 0.669. The fourth-order valence-corrected chi connectivity index (χ4v) is 2.87. The summed E-state index contributed by atoms with van der Waals surface area (Å²) in [5.41, 5.74) is 0.916. The Balaban J connectivity index is 1.93. The van der Waals surface area contributed by atoms with Gasteiger partial charge in [0.05, 0.1) is 5.75 Å². The lowest BCUT2D eigenvalue weighted by atomic mass is 9.96. The number of nitrogens with two attached hydrogens (primary N) is 1. The number of amides is 1. The second kappa shape index (κ2) is 7.04. The Hall–Kier alpha value is -2.02. The molecule has 1 aromatic heterocycles. The number of rotatable bonds is 5. The van der Waals surface area contributed by atoms with Gasteiger partial charge in [0.25, 0.3) is 0 Å². The molecule has 0 atom stereocenters. The van der Waals surface area contributed by atoms with Crippen molar-refractivity contribution in [1.29, 1.82) is 0 Å². The second-order valence-electron chi connectivity index (χ2n) is 6.45. The standard InChI is InChI=1S/C16H23N5OS/c1-16(2,3)14-18-19-15(21(14)17)23-11-13(22)20(4)10-12-8-6-5-7-9-12/h5-9H,10-11,17H2,1-4H3. The lowest BCUT2D eigenvalue weighted by Crippen LogP contribution is -2.28. The van der Waals surface area contributed by atoms with Gasteiger partial charge in [-0.25, -0.2) is 4.68 Å². The number of nitrogen functional groups attached to an aromatic ring is 1. The summed E-state index contributed by atoms with van der Waals surface area (Å²) in [7, 11) is 1.80. The summed E-state index contributed by atoms with van der Waals surface area (Å²) in [6.07, 6.45) is 0. The van der Waals surface area contributed by atoms with E-state index in [0.29, 0.717) is 17.5 Å². The Kier molecular flexibility index (Phi) is 5.30. The number of nitrogens with zero attached hydrogens (tertiary/aromatic N) is 4. The molecular weight excluding hydrogens is 310 g/mol. The average molecular weight is 333 g/mol. The fraction of sp³-hybridized carbons (Fsp3) is 0.438. The van der Waals surface area contributed by atoms with Crippen LogP contribution in [0.2, 0.25) is 0 Å². The molecule has 23 heavy (non-hydrogen) atoms. The van der Waals surface area contributed by atoms with Crippen LogP contribution in [0.5, 0.6) is 0 Å². The van der Waals surface area contributed by atoms with Gasteiger partial charge in [-0.1, -0.05) is 62.9 Å². The zero-order valence-corrected chi connectivity index (χ0v) is 14.8. The van der Waals surface area contributed by atoms with Gasteiger partial charge in [-0.2, -0.15) is 0 Å². The summed E-state index contributed by atoms with van der Waals surface area (Å²) >= 11 is 1.30. The highest BCUT2D eigenvalue weighted by atomic mass is 32.2. The second-order valence-corrected chi connectivity index (χ2v) is 7.39. The van der Waals surface area contributed by atoms with Crippen molar-refractivity contribution >= 4 is 17.7 Å². The minimum Gasteiger partial charge on any atom is -0.341 e. The zero-order valence-electron chi connectivity index (χ0n) is 14.0. The lowest BCUT2D eigenvalue weighted by molar-refractivity contribution is -0.127. The summed E-state index contributed by atoms with van der Waals surface area (Å²) in [4.78, 5) is 13.9. The summed E-state index contributed by atoms with van der Waals surface area (Å²) < 4.78 is 1.47. The van der Waals surface area contributed by atoms with Crippen molar-refractivity contribution in [3.8, 4) is 0 Å². The highest BCUT2D eigenvalue weighted by Gasteiger charge is 2.23. The summed E-state index contributed by atoms with van der Waals surface area (Å²) in [6.45, 7) is 6.65. The van der Waals surface area contributed by atoms with E-state index in [1.807, 2.05) is 51.1 Å². The molecule has 0 saturated heterocycles. The molecule has 0 spiro atoms. The minimum absolute atomic E-state index is 0.0270. The first kappa shape index (κ1) is 17.3. The van der Waals surface area contributed by atoms with Crippen LogP contribution in [0.15, 0.2) is 35.5 Å². The van der Waals surface area contributed by atoms with Gasteiger partial charge < -0.3 is 10.7 Å². The molecule has 0 aliphatic rings. The number of benzene rings is 1. The molecular formula is C16H23N5OS. The zero-order chi connectivity index (χ0) is 17.0. The van der Waals surface area contributed by atoms with Crippen molar-refractivity contribution in [2.75, 3.05) is 18.6 Å². The van der Waals surface area contributed by atoms with Crippen molar-refractivity contribution in [3.63, 3.8) is 0 Å². The van der Waals surface area contributed by atoms with Crippen LogP contribution in [0.1, 0.15) is 32.2 Å². The Bertz CT molecular complexity index is 663. The Morgan fingerprint density at radius 1 is 1.26 bits per heavy atom. The molecule has 0 aliphatic carbocycles. The molecule has 2 rings (SSSR count). The van der Waals surface area contributed by atoms with Crippen molar-refractivity contribution in [1.82, 2.24) is 19.8 Å². The lowest BCUT2D eigenvalue weighted by Gasteiger charge is -2.18. The molecule has 1 amide bonds. The average Bonchev–Trinajstić information content (AvgIpc) is 2.86. The molecule has 0 radical (unpaired) electrons. The van der Waals surface area contributed by atoms with Crippen molar-refractivity contribution in [2.45, 2.75) is 37.9 Å². The fourth-order valence-electron chi connectivity index (χ4n) is 2.07. The van der Waals surface area contributed by atoms with Crippen LogP contribution >= 0.6 is 11.8 Å². The summed E-state index contributed by atoms with van der Waals surface area (Å²) in [5.74, 6) is 7.03. The third-order valence-electron chi connectivity index (χ3n) is 3.35. The van der Waals surface area contributed by atoms with Crippen LogP contribution < -0.4 is 5.84 Å². The van der Waals surface area contributed by atoms with Crippen LogP contribution in [0.25, 0.3) is 0 Å². The highest BCUT2D eigenvalue weighted by Crippen LogP contribution is 2.23. The molecule has 0 saturated carbocycles. The number of thioether (sulfide) groups is 1. The van der Waals surface area contributed by atoms with Crippen molar-refractivity contribution < 1.29 is 4.79 Å². The van der Waals surface area contributed by atoms with Crippen molar-refractivity contribution in [2.24, 2.45) is 0 Å². The minimum atomic E-state index is -0.186. The maximum absolute atomic E-state index is 12.2. The number of carbonyl (C=O) groups is 1. The van der Waals surface area contributed by atoms with Crippen LogP contribution in [-0.2, 0) is 16.8 Å². The van der Waals surface area contributed by atoms with E-state index >= 15 is 0 Å². The SMILES string of the molecule is CN(Cc1ccccc1)C(=O)CSc1nnc(C(C)(C)C)n1N. The summed E-state index contributed by atoms with van der Waals surface area (Å²) in [5, 5.41) is 8.75. The largest absolute Gasteiger partial charge is 0.341 e. The number of hydrogen-bond acceptors (Lipinski definition) is 5. The van der Waals surface area contributed by atoms with E-state index in [4.69, 9.17) is 5.84 Å². The van der Waals surface area contributed by atoms with E-state index in [-0.39, 0.29) is 17.1 Å². The molecule has 6 nitrogen and oxygen atoms in total. The number of hydrogen-bond donors (Lipinski definition) is 1.